The molecule has 1 N–H and O–H groups in total. The highest BCUT2D eigenvalue weighted by Crippen LogP contribution is 1.88. The van der Waals surface area contributed by atoms with E-state index in [1.54, 1.807) is 0 Å². The van der Waals surface area contributed by atoms with Crippen molar-refractivity contribution in [3.8, 4) is 0 Å². The maximum atomic E-state index is 10.8. The van der Waals surface area contributed by atoms with E-state index < -0.39 is 11.9 Å². The molecule has 0 saturated carbocycles. The molecule has 0 aromatic rings. The Hall–Kier alpha value is -1.36. The van der Waals surface area contributed by atoms with Gasteiger partial charge >= 0.3 is 11.9 Å². The van der Waals surface area contributed by atoms with Gasteiger partial charge in [0.05, 0.1) is 6.61 Å². The molecule has 0 heterocycles. The van der Waals surface area contributed by atoms with Crippen molar-refractivity contribution in [1.29, 1.82) is 0 Å². The summed E-state index contributed by atoms with van der Waals surface area (Å²) in [6.07, 6.45) is 3.64. The number of carboxylic acids is 1. The average molecular weight is 216 g/mol. The van der Waals surface area contributed by atoms with Crippen LogP contribution >= 0.6 is 0 Å². The number of esters is 1. The molecule has 5 heteroatoms. The van der Waals surface area contributed by atoms with Crippen LogP contribution in [0.25, 0.3) is 0 Å². The van der Waals surface area contributed by atoms with Crippen molar-refractivity contribution in [3.63, 3.8) is 0 Å². The first-order chi connectivity index (χ1) is 7.16. The minimum atomic E-state index is -1.17. The minimum Gasteiger partial charge on any atom is -0.478 e. The third-order valence-electron chi connectivity index (χ3n) is 1.48. The molecule has 0 aliphatic heterocycles. The van der Waals surface area contributed by atoms with Gasteiger partial charge in [-0.1, -0.05) is 13.3 Å². The van der Waals surface area contributed by atoms with Gasteiger partial charge in [0, 0.05) is 18.8 Å². The summed E-state index contributed by atoms with van der Waals surface area (Å²) >= 11 is 0. The van der Waals surface area contributed by atoms with Crippen LogP contribution in [0.2, 0.25) is 0 Å². The molecule has 5 nitrogen and oxygen atoms in total. The summed E-state index contributed by atoms with van der Waals surface area (Å²) in [6.45, 7) is 3.19. The number of hydrogen-bond donors (Lipinski definition) is 1. The van der Waals surface area contributed by atoms with E-state index in [9.17, 15) is 9.59 Å². The highest BCUT2D eigenvalue weighted by Gasteiger charge is 1.97. The Kier molecular flexibility index (Phi) is 8.37. The second kappa shape index (κ2) is 9.21. The Morgan fingerprint density at radius 3 is 2.53 bits per heavy atom. The Morgan fingerprint density at radius 1 is 1.20 bits per heavy atom. The van der Waals surface area contributed by atoms with E-state index in [1.807, 2.05) is 0 Å². The van der Waals surface area contributed by atoms with E-state index in [-0.39, 0.29) is 6.61 Å². The van der Waals surface area contributed by atoms with Gasteiger partial charge in [-0.05, 0) is 6.42 Å². The first kappa shape index (κ1) is 13.6. The van der Waals surface area contributed by atoms with Crippen LogP contribution in [0.15, 0.2) is 12.2 Å². The topological polar surface area (TPSA) is 72.8 Å². The van der Waals surface area contributed by atoms with Gasteiger partial charge in [0.15, 0.2) is 0 Å². The molecular formula is C10H16O5. The maximum Gasteiger partial charge on any atom is 0.331 e. The number of unbranched alkanes of at least 4 members (excludes halogenated alkanes) is 1. The quantitative estimate of drug-likeness (QED) is 0.372. The minimum absolute atomic E-state index is 0.145. The molecule has 0 fully saturated rings. The van der Waals surface area contributed by atoms with Crippen molar-refractivity contribution in [2.45, 2.75) is 19.8 Å². The monoisotopic (exact) mass is 216 g/mol. The molecule has 0 aromatic carbocycles. The van der Waals surface area contributed by atoms with Crippen LogP contribution in [-0.4, -0.2) is 36.9 Å². The fourth-order valence-electron chi connectivity index (χ4n) is 0.737. The van der Waals surface area contributed by atoms with Crippen molar-refractivity contribution in [2.75, 3.05) is 19.8 Å². The Morgan fingerprint density at radius 2 is 1.93 bits per heavy atom. The normalized spacial score (nSPS) is 10.5. The molecule has 0 radical (unpaired) electrons. The van der Waals surface area contributed by atoms with E-state index in [0.717, 1.165) is 25.0 Å². The zero-order valence-electron chi connectivity index (χ0n) is 8.77. The molecule has 86 valence electrons. The highest BCUT2D eigenvalue weighted by atomic mass is 16.6. The average Bonchev–Trinajstić information content (AvgIpc) is 2.20. The summed E-state index contributed by atoms with van der Waals surface area (Å²) in [5.41, 5.74) is 0. The number of ether oxygens (including phenoxy) is 2. The highest BCUT2D eigenvalue weighted by molar-refractivity contribution is 5.90. The standard InChI is InChI=1S/C10H16O5/c1-2-3-6-14-7-8-15-10(13)5-4-9(11)12/h4-5H,2-3,6-8H2,1H3,(H,11,12)/b5-4-. The number of carboxylic acid groups (broad SMARTS) is 1. The van der Waals surface area contributed by atoms with Crippen LogP contribution in [0.3, 0.4) is 0 Å². The Bertz CT molecular complexity index is 222. The van der Waals surface area contributed by atoms with Crippen LogP contribution < -0.4 is 0 Å². The van der Waals surface area contributed by atoms with Gasteiger partial charge in [0.1, 0.15) is 6.61 Å². The molecule has 0 saturated heterocycles. The van der Waals surface area contributed by atoms with Gasteiger partial charge in [0.2, 0.25) is 0 Å². The van der Waals surface area contributed by atoms with Gasteiger partial charge in [-0.3, -0.25) is 0 Å². The first-order valence-corrected chi connectivity index (χ1v) is 4.82. The van der Waals surface area contributed by atoms with Gasteiger partial charge in [-0.2, -0.15) is 0 Å². The summed E-state index contributed by atoms with van der Waals surface area (Å²) < 4.78 is 9.79. The lowest BCUT2D eigenvalue weighted by Crippen LogP contribution is -2.09. The largest absolute Gasteiger partial charge is 0.478 e. The molecule has 0 aliphatic carbocycles. The molecule has 15 heavy (non-hydrogen) atoms. The van der Waals surface area contributed by atoms with E-state index in [4.69, 9.17) is 9.84 Å². The first-order valence-electron chi connectivity index (χ1n) is 4.82. The summed E-state index contributed by atoms with van der Waals surface area (Å²) in [7, 11) is 0. The van der Waals surface area contributed by atoms with Crippen LogP contribution in [0, 0.1) is 0 Å². The van der Waals surface area contributed by atoms with Crippen molar-refractivity contribution >= 4 is 11.9 Å². The summed E-state index contributed by atoms with van der Waals surface area (Å²) in [5, 5.41) is 8.21. The molecule has 0 atom stereocenters. The molecule has 0 aliphatic rings. The number of carbonyl (C=O) groups excluding carboxylic acids is 1. The lowest BCUT2D eigenvalue weighted by atomic mass is 10.4. The Balaban J connectivity index is 3.35. The van der Waals surface area contributed by atoms with E-state index in [0.29, 0.717) is 13.2 Å². The number of carbonyl (C=O) groups is 2. The zero-order chi connectivity index (χ0) is 11.5. The predicted molar refractivity (Wildman–Crippen MR) is 53.5 cm³/mol. The van der Waals surface area contributed by atoms with Crippen LogP contribution in [0.1, 0.15) is 19.8 Å². The van der Waals surface area contributed by atoms with Gasteiger partial charge < -0.3 is 14.6 Å². The van der Waals surface area contributed by atoms with E-state index in [1.165, 1.54) is 0 Å². The molecule has 0 rings (SSSR count). The van der Waals surface area contributed by atoms with Crippen LogP contribution in [0.4, 0.5) is 0 Å². The third kappa shape index (κ3) is 10.6. The zero-order valence-corrected chi connectivity index (χ0v) is 8.77. The van der Waals surface area contributed by atoms with Gasteiger partial charge in [-0.15, -0.1) is 0 Å². The molecule has 0 amide bonds. The van der Waals surface area contributed by atoms with Crippen LogP contribution in [0.5, 0.6) is 0 Å². The lowest BCUT2D eigenvalue weighted by molar-refractivity contribution is -0.140. The fraction of sp³-hybridized carbons (Fsp3) is 0.600. The van der Waals surface area contributed by atoms with Crippen LogP contribution in [-0.2, 0) is 19.1 Å². The fourth-order valence-corrected chi connectivity index (χ4v) is 0.737. The van der Waals surface area contributed by atoms with Crippen molar-refractivity contribution < 1.29 is 24.2 Å². The third-order valence-corrected chi connectivity index (χ3v) is 1.48. The van der Waals surface area contributed by atoms with Gasteiger partial charge in [0.25, 0.3) is 0 Å². The summed E-state index contributed by atoms with van der Waals surface area (Å²) in [4.78, 5) is 20.8. The number of aliphatic carboxylic acids is 1. The van der Waals surface area contributed by atoms with Gasteiger partial charge in [-0.25, -0.2) is 9.59 Å². The maximum absolute atomic E-state index is 10.8. The number of rotatable bonds is 8. The lowest BCUT2D eigenvalue weighted by Gasteiger charge is -2.03. The van der Waals surface area contributed by atoms with Crippen molar-refractivity contribution in [3.05, 3.63) is 12.2 Å². The Labute approximate surface area is 88.7 Å². The molecule has 0 unspecified atom stereocenters. The van der Waals surface area contributed by atoms with Crippen molar-refractivity contribution in [1.82, 2.24) is 0 Å². The molecule has 0 bridgehead atoms. The smallest absolute Gasteiger partial charge is 0.331 e. The second-order valence-corrected chi connectivity index (χ2v) is 2.80. The predicted octanol–water partition coefficient (Wildman–Crippen LogP) is 0.987. The van der Waals surface area contributed by atoms with E-state index in [2.05, 4.69) is 11.7 Å². The van der Waals surface area contributed by atoms with E-state index >= 15 is 0 Å². The second-order valence-electron chi connectivity index (χ2n) is 2.80. The number of hydrogen-bond acceptors (Lipinski definition) is 4. The summed E-state index contributed by atoms with van der Waals surface area (Å²) in [5.74, 6) is -1.84. The van der Waals surface area contributed by atoms with Crippen molar-refractivity contribution in [2.24, 2.45) is 0 Å². The summed E-state index contributed by atoms with van der Waals surface area (Å²) in [6, 6.07) is 0. The SMILES string of the molecule is CCCCOCCOC(=O)/C=C\C(=O)O. The molecule has 0 aromatic heterocycles. The molecule has 0 spiro atoms. The molecular weight excluding hydrogens is 200 g/mol.